The van der Waals surface area contributed by atoms with Crippen LogP contribution in [0.15, 0.2) is 54.6 Å². The number of rotatable bonds is 6. The van der Waals surface area contributed by atoms with Gasteiger partial charge in [0.2, 0.25) is 0 Å². The molecule has 1 unspecified atom stereocenters. The summed E-state index contributed by atoms with van der Waals surface area (Å²) in [4.78, 5) is 19.8. The van der Waals surface area contributed by atoms with Crippen molar-refractivity contribution in [1.29, 1.82) is 0 Å². The number of halogens is 3. The number of aryl methyl sites for hydroxylation is 1. The number of nitrogens with zero attached hydrogens (tertiary/aromatic N) is 2. The van der Waals surface area contributed by atoms with Crippen LogP contribution in [-0.2, 0) is 0 Å². The van der Waals surface area contributed by atoms with Crippen molar-refractivity contribution in [3.05, 3.63) is 93.5 Å². The van der Waals surface area contributed by atoms with Gasteiger partial charge < -0.3 is 15.3 Å². The number of nitrogens with one attached hydrogen (secondary N) is 1. The molecule has 1 aliphatic rings. The van der Waals surface area contributed by atoms with Crippen molar-refractivity contribution < 1.29 is 18.7 Å². The van der Waals surface area contributed by atoms with Crippen molar-refractivity contribution in [3.8, 4) is 17.6 Å². The van der Waals surface area contributed by atoms with Gasteiger partial charge in [0, 0.05) is 34.3 Å². The van der Waals surface area contributed by atoms with E-state index in [0.29, 0.717) is 28.4 Å². The minimum atomic E-state index is -0.841. The van der Waals surface area contributed by atoms with Gasteiger partial charge in [-0.15, -0.1) is 0 Å². The van der Waals surface area contributed by atoms with E-state index in [1.54, 1.807) is 37.3 Å². The van der Waals surface area contributed by atoms with Crippen molar-refractivity contribution in [2.75, 3.05) is 26.3 Å². The van der Waals surface area contributed by atoms with Gasteiger partial charge in [-0.3, -0.25) is 4.79 Å². The molecule has 37 heavy (non-hydrogen) atoms. The molecule has 2 heterocycles. The summed E-state index contributed by atoms with van der Waals surface area (Å²) >= 11 is 6.03. The van der Waals surface area contributed by atoms with E-state index in [9.17, 15) is 18.7 Å². The van der Waals surface area contributed by atoms with Crippen LogP contribution in [0, 0.1) is 30.5 Å². The third kappa shape index (κ3) is 7.06. The number of phenolic OH excluding ortho intramolecular Hbond substituents is 1. The number of carbonyl (C=O) groups is 1. The van der Waals surface area contributed by atoms with E-state index >= 15 is 0 Å². The average Bonchev–Trinajstić information content (AvgIpc) is 2.89. The molecule has 4 rings (SSSR count). The first kappa shape index (κ1) is 26.6. The highest BCUT2D eigenvalue weighted by atomic mass is 35.5. The summed E-state index contributed by atoms with van der Waals surface area (Å²) in [5.41, 5.74) is 2.29. The van der Waals surface area contributed by atoms with Crippen LogP contribution >= 0.6 is 11.6 Å². The minimum absolute atomic E-state index is 0.150. The summed E-state index contributed by atoms with van der Waals surface area (Å²) < 4.78 is 26.6. The molecule has 8 heteroatoms. The zero-order chi connectivity index (χ0) is 26.4. The highest BCUT2D eigenvalue weighted by molar-refractivity contribution is 6.30. The molecule has 0 radical (unpaired) electrons. The van der Waals surface area contributed by atoms with Crippen LogP contribution in [0.2, 0.25) is 5.02 Å². The van der Waals surface area contributed by atoms with Crippen LogP contribution in [-0.4, -0.2) is 47.2 Å². The van der Waals surface area contributed by atoms with Gasteiger partial charge in [0.25, 0.3) is 5.91 Å². The number of phenols is 1. The zero-order valence-corrected chi connectivity index (χ0v) is 21.2. The molecule has 1 atom stereocenters. The molecule has 5 nitrogen and oxygen atoms in total. The molecule has 1 saturated heterocycles. The predicted molar refractivity (Wildman–Crippen MR) is 140 cm³/mol. The highest BCUT2D eigenvalue weighted by Crippen LogP contribution is 2.31. The Kier molecular flexibility index (Phi) is 8.75. The quantitative estimate of drug-likeness (QED) is 0.422. The van der Waals surface area contributed by atoms with Gasteiger partial charge in [-0.2, -0.15) is 0 Å². The summed E-state index contributed by atoms with van der Waals surface area (Å²) in [6, 6.07) is 12.9. The number of aromatic nitrogens is 1. The molecule has 2 N–H and O–H groups in total. The third-order valence-corrected chi connectivity index (χ3v) is 6.63. The normalized spacial score (nSPS) is 15.0. The standard InChI is InChI=1S/C29H28ClF2N3O2/c1-19-16-21(3-2-20-10-13-35(14-11-20)15-12-31)17-26(33-19)29(37)34-28(22-4-6-23(30)7-5-22)25-18-24(32)8-9-27(25)36/h4-9,16-18,20,28,36H,10-15H2,1H3,(H,34,37). The van der Waals surface area contributed by atoms with Crippen molar-refractivity contribution >= 4 is 17.5 Å². The third-order valence-electron chi connectivity index (χ3n) is 6.37. The number of carbonyl (C=O) groups excluding carboxylic acids is 1. The molecule has 0 saturated carbocycles. The van der Waals surface area contributed by atoms with Gasteiger partial charge in [0.1, 0.15) is 23.9 Å². The maximum absolute atomic E-state index is 14.1. The van der Waals surface area contributed by atoms with Crippen LogP contribution in [0.3, 0.4) is 0 Å². The van der Waals surface area contributed by atoms with Gasteiger partial charge in [-0.25, -0.2) is 13.8 Å². The highest BCUT2D eigenvalue weighted by Gasteiger charge is 2.23. The molecule has 1 fully saturated rings. The number of pyridine rings is 1. The zero-order valence-electron chi connectivity index (χ0n) is 20.5. The number of amides is 1. The SMILES string of the molecule is Cc1cc(C#CC2CCN(CCF)CC2)cc(C(=O)NC(c2ccc(Cl)cc2)c2cc(F)ccc2O)n1. The predicted octanol–water partition coefficient (Wildman–Crippen LogP) is 5.44. The van der Waals surface area contributed by atoms with Gasteiger partial charge in [0.15, 0.2) is 0 Å². The Hall–Kier alpha value is -3.47. The Bertz CT molecular complexity index is 1310. The summed E-state index contributed by atoms with van der Waals surface area (Å²) in [6.07, 6.45) is 1.76. The summed E-state index contributed by atoms with van der Waals surface area (Å²) in [5.74, 6) is 5.49. The van der Waals surface area contributed by atoms with Crippen molar-refractivity contribution in [3.63, 3.8) is 0 Å². The van der Waals surface area contributed by atoms with Gasteiger partial charge in [0.05, 0.1) is 6.04 Å². The first-order chi connectivity index (χ1) is 17.8. The Morgan fingerprint density at radius 2 is 1.92 bits per heavy atom. The maximum atomic E-state index is 14.1. The monoisotopic (exact) mass is 523 g/mol. The molecule has 2 aromatic carbocycles. The second kappa shape index (κ2) is 12.2. The maximum Gasteiger partial charge on any atom is 0.270 e. The number of piperidine rings is 1. The Balaban J connectivity index is 1.56. The molecule has 0 bridgehead atoms. The van der Waals surface area contributed by atoms with E-state index in [-0.39, 0.29) is 29.6 Å². The number of aromatic hydroxyl groups is 1. The first-order valence-corrected chi connectivity index (χ1v) is 12.5. The minimum Gasteiger partial charge on any atom is -0.508 e. The number of hydrogen-bond acceptors (Lipinski definition) is 4. The van der Waals surface area contributed by atoms with Crippen molar-refractivity contribution in [1.82, 2.24) is 15.2 Å². The molecular formula is C29H28ClF2N3O2. The summed E-state index contributed by atoms with van der Waals surface area (Å²) in [5, 5.41) is 13.8. The number of hydrogen-bond donors (Lipinski definition) is 2. The molecule has 0 aliphatic carbocycles. The topological polar surface area (TPSA) is 65.5 Å². The lowest BCUT2D eigenvalue weighted by atomic mass is 9.97. The van der Waals surface area contributed by atoms with Crippen molar-refractivity contribution in [2.45, 2.75) is 25.8 Å². The van der Waals surface area contributed by atoms with Crippen LogP contribution < -0.4 is 5.32 Å². The van der Waals surface area contributed by atoms with E-state index < -0.39 is 17.8 Å². The van der Waals surface area contributed by atoms with Crippen LogP contribution in [0.4, 0.5) is 8.78 Å². The van der Waals surface area contributed by atoms with Gasteiger partial charge >= 0.3 is 0 Å². The van der Waals surface area contributed by atoms with E-state index in [2.05, 4.69) is 27.0 Å². The molecule has 1 aromatic heterocycles. The average molecular weight is 524 g/mol. The fourth-order valence-electron chi connectivity index (χ4n) is 4.42. The van der Waals surface area contributed by atoms with Crippen LogP contribution in [0.1, 0.15) is 51.8 Å². The fourth-order valence-corrected chi connectivity index (χ4v) is 4.55. The lowest BCUT2D eigenvalue weighted by molar-refractivity contribution is 0.0937. The second-order valence-electron chi connectivity index (χ2n) is 9.12. The number of benzene rings is 2. The number of alkyl halides is 1. The fraction of sp³-hybridized carbons (Fsp3) is 0.310. The lowest BCUT2D eigenvalue weighted by Gasteiger charge is -2.28. The summed E-state index contributed by atoms with van der Waals surface area (Å²) in [7, 11) is 0. The molecule has 0 spiro atoms. The van der Waals surface area contributed by atoms with Gasteiger partial charge in [-0.1, -0.05) is 35.6 Å². The lowest BCUT2D eigenvalue weighted by Crippen LogP contribution is -2.34. The van der Waals surface area contributed by atoms with E-state index in [1.807, 2.05) is 6.07 Å². The summed E-state index contributed by atoms with van der Waals surface area (Å²) in [6.45, 7) is 3.56. The largest absolute Gasteiger partial charge is 0.508 e. The molecule has 192 valence electrons. The van der Waals surface area contributed by atoms with E-state index in [4.69, 9.17) is 11.6 Å². The molecular weight excluding hydrogens is 496 g/mol. The van der Waals surface area contributed by atoms with Gasteiger partial charge in [-0.05, 0) is 80.9 Å². The Morgan fingerprint density at radius 3 is 2.62 bits per heavy atom. The second-order valence-corrected chi connectivity index (χ2v) is 9.55. The molecule has 1 amide bonds. The van der Waals surface area contributed by atoms with E-state index in [0.717, 1.165) is 32.0 Å². The Labute approximate surface area is 220 Å². The molecule has 1 aliphatic heterocycles. The Morgan fingerprint density at radius 1 is 1.19 bits per heavy atom. The number of likely N-dealkylation sites (tertiary alicyclic amines) is 1. The van der Waals surface area contributed by atoms with Crippen LogP contribution in [0.5, 0.6) is 5.75 Å². The molecule has 3 aromatic rings. The van der Waals surface area contributed by atoms with Crippen molar-refractivity contribution in [2.24, 2.45) is 5.92 Å². The van der Waals surface area contributed by atoms with Crippen LogP contribution in [0.25, 0.3) is 0 Å². The smallest absolute Gasteiger partial charge is 0.270 e. The first-order valence-electron chi connectivity index (χ1n) is 12.2. The van der Waals surface area contributed by atoms with E-state index in [1.165, 1.54) is 12.1 Å².